The van der Waals surface area contributed by atoms with Crippen molar-refractivity contribution in [1.29, 1.82) is 0 Å². The third-order valence-corrected chi connectivity index (χ3v) is 5.41. The summed E-state index contributed by atoms with van der Waals surface area (Å²) in [7, 11) is -4.06. The predicted molar refractivity (Wildman–Crippen MR) is 95.7 cm³/mol. The average Bonchev–Trinajstić information content (AvgIpc) is 3.13. The number of nitrogens with one attached hydrogen (secondary N) is 2. The van der Waals surface area contributed by atoms with Crippen molar-refractivity contribution in [2.24, 2.45) is 0 Å². The lowest BCUT2D eigenvalue weighted by molar-refractivity contribution is -0.128. The summed E-state index contributed by atoms with van der Waals surface area (Å²) in [4.78, 5) is 17.5. The van der Waals surface area contributed by atoms with Gasteiger partial charge in [-0.2, -0.15) is 0 Å². The summed E-state index contributed by atoms with van der Waals surface area (Å²) >= 11 is 0. The summed E-state index contributed by atoms with van der Waals surface area (Å²) in [5, 5.41) is 2.85. The van der Waals surface area contributed by atoms with Crippen LogP contribution in [0.25, 0.3) is 0 Å². The Hall–Kier alpha value is -2.75. The van der Waals surface area contributed by atoms with E-state index in [1.807, 2.05) is 0 Å². The SMILES string of the molecule is O=C(CNc1ccc(S(=O)(=O)Nc2cc(F)cc(F)c2)cn1)N1CCCC1. The Bertz CT molecular complexity index is 909. The first-order chi connectivity index (χ1) is 12.8. The zero-order valence-electron chi connectivity index (χ0n) is 14.3. The van der Waals surface area contributed by atoms with Crippen LogP contribution in [0.1, 0.15) is 12.8 Å². The number of carbonyl (C=O) groups is 1. The van der Waals surface area contributed by atoms with E-state index in [4.69, 9.17) is 0 Å². The van der Waals surface area contributed by atoms with Gasteiger partial charge in [-0.15, -0.1) is 0 Å². The first-order valence-electron chi connectivity index (χ1n) is 8.30. The number of hydrogen-bond donors (Lipinski definition) is 2. The van der Waals surface area contributed by atoms with Gasteiger partial charge in [-0.05, 0) is 37.1 Å². The highest BCUT2D eigenvalue weighted by atomic mass is 32.2. The largest absolute Gasteiger partial charge is 0.361 e. The number of likely N-dealkylation sites (tertiary alicyclic amines) is 1. The van der Waals surface area contributed by atoms with Gasteiger partial charge in [0.2, 0.25) is 5.91 Å². The number of pyridine rings is 1. The molecule has 1 aliphatic rings. The fourth-order valence-electron chi connectivity index (χ4n) is 2.72. The van der Waals surface area contributed by atoms with Gasteiger partial charge < -0.3 is 10.2 Å². The average molecular weight is 396 g/mol. The Labute approximate surface area is 155 Å². The molecular formula is C17H18F2N4O3S. The maximum absolute atomic E-state index is 13.2. The molecule has 1 saturated heterocycles. The zero-order chi connectivity index (χ0) is 19.4. The van der Waals surface area contributed by atoms with Gasteiger partial charge in [-0.1, -0.05) is 0 Å². The number of rotatable bonds is 6. The maximum Gasteiger partial charge on any atom is 0.263 e. The van der Waals surface area contributed by atoms with Crippen LogP contribution in [0.5, 0.6) is 0 Å². The minimum Gasteiger partial charge on any atom is -0.361 e. The van der Waals surface area contributed by atoms with Crippen LogP contribution in [0.15, 0.2) is 41.4 Å². The molecule has 1 aromatic carbocycles. The van der Waals surface area contributed by atoms with Gasteiger partial charge in [0.15, 0.2) is 0 Å². The number of carbonyl (C=O) groups excluding carboxylic acids is 1. The number of halogens is 2. The number of sulfonamides is 1. The number of hydrogen-bond acceptors (Lipinski definition) is 5. The number of benzene rings is 1. The predicted octanol–water partition coefficient (Wildman–Crippen LogP) is 2.19. The van der Waals surface area contributed by atoms with Gasteiger partial charge in [-0.25, -0.2) is 22.2 Å². The standard InChI is InChI=1S/C17H18F2N4O3S/c18-12-7-13(19)9-14(8-12)22-27(25,26)15-3-4-16(20-10-15)21-11-17(24)23-5-1-2-6-23/h3-4,7-10,22H,1-2,5-6,11H2,(H,20,21). The molecule has 1 fully saturated rings. The van der Waals surface area contributed by atoms with E-state index in [0.717, 1.165) is 44.3 Å². The van der Waals surface area contributed by atoms with Crippen LogP contribution in [-0.2, 0) is 14.8 Å². The van der Waals surface area contributed by atoms with E-state index in [9.17, 15) is 22.0 Å². The van der Waals surface area contributed by atoms with Gasteiger partial charge in [-0.3, -0.25) is 9.52 Å². The van der Waals surface area contributed by atoms with Crippen molar-refractivity contribution in [3.63, 3.8) is 0 Å². The molecule has 10 heteroatoms. The van der Waals surface area contributed by atoms with E-state index in [1.54, 1.807) is 4.90 Å². The minimum atomic E-state index is -4.06. The summed E-state index contributed by atoms with van der Waals surface area (Å²) in [6, 6.07) is 5.08. The summed E-state index contributed by atoms with van der Waals surface area (Å²) in [6.07, 6.45) is 3.10. The third kappa shape index (κ3) is 4.91. The van der Waals surface area contributed by atoms with Crippen LogP contribution in [0.2, 0.25) is 0 Å². The van der Waals surface area contributed by atoms with Crippen molar-refractivity contribution >= 4 is 27.4 Å². The highest BCUT2D eigenvalue weighted by Crippen LogP contribution is 2.19. The molecule has 1 aromatic heterocycles. The Balaban J connectivity index is 1.63. The highest BCUT2D eigenvalue weighted by molar-refractivity contribution is 7.92. The molecule has 2 aromatic rings. The van der Waals surface area contributed by atoms with E-state index in [2.05, 4.69) is 15.0 Å². The number of anilines is 2. The molecule has 3 rings (SSSR count). The van der Waals surface area contributed by atoms with E-state index < -0.39 is 21.7 Å². The van der Waals surface area contributed by atoms with Gasteiger partial charge in [0.05, 0.1) is 12.2 Å². The molecule has 7 nitrogen and oxygen atoms in total. The van der Waals surface area contributed by atoms with Gasteiger partial charge in [0, 0.05) is 25.4 Å². The molecular weight excluding hydrogens is 378 g/mol. The van der Waals surface area contributed by atoms with Crippen molar-refractivity contribution in [3.8, 4) is 0 Å². The van der Waals surface area contributed by atoms with Crippen molar-refractivity contribution in [2.75, 3.05) is 29.7 Å². The van der Waals surface area contributed by atoms with E-state index in [1.165, 1.54) is 12.1 Å². The Kier molecular flexibility index (Phi) is 5.54. The van der Waals surface area contributed by atoms with Crippen LogP contribution >= 0.6 is 0 Å². The lowest BCUT2D eigenvalue weighted by Crippen LogP contribution is -2.33. The first-order valence-corrected chi connectivity index (χ1v) is 9.78. The zero-order valence-corrected chi connectivity index (χ0v) is 15.1. The van der Waals surface area contributed by atoms with Crippen LogP contribution in [0.4, 0.5) is 20.3 Å². The monoisotopic (exact) mass is 396 g/mol. The highest BCUT2D eigenvalue weighted by Gasteiger charge is 2.18. The first kappa shape index (κ1) is 19.0. The molecule has 1 amide bonds. The van der Waals surface area contributed by atoms with Crippen LogP contribution < -0.4 is 10.0 Å². The fraction of sp³-hybridized carbons (Fsp3) is 0.294. The topological polar surface area (TPSA) is 91.4 Å². The lowest BCUT2D eigenvalue weighted by Gasteiger charge is -2.15. The molecule has 0 aliphatic carbocycles. The maximum atomic E-state index is 13.2. The van der Waals surface area contributed by atoms with Crippen molar-refractivity contribution < 1.29 is 22.0 Å². The quantitative estimate of drug-likeness (QED) is 0.781. The van der Waals surface area contributed by atoms with E-state index in [0.29, 0.717) is 11.9 Å². The third-order valence-electron chi connectivity index (χ3n) is 4.04. The van der Waals surface area contributed by atoms with Gasteiger partial charge in [0.1, 0.15) is 22.3 Å². The van der Waals surface area contributed by atoms with Crippen LogP contribution in [-0.4, -0.2) is 43.8 Å². The molecule has 0 radical (unpaired) electrons. The molecule has 0 atom stereocenters. The number of nitrogens with zero attached hydrogens (tertiary/aromatic N) is 2. The van der Waals surface area contributed by atoms with Gasteiger partial charge >= 0.3 is 0 Å². The molecule has 0 saturated carbocycles. The second-order valence-electron chi connectivity index (χ2n) is 6.08. The normalized spacial score (nSPS) is 14.2. The van der Waals surface area contributed by atoms with E-state index in [-0.39, 0.29) is 23.0 Å². The van der Waals surface area contributed by atoms with E-state index >= 15 is 0 Å². The fourth-order valence-corrected chi connectivity index (χ4v) is 3.70. The van der Waals surface area contributed by atoms with Crippen LogP contribution in [0.3, 0.4) is 0 Å². The minimum absolute atomic E-state index is 0.0409. The van der Waals surface area contributed by atoms with Crippen molar-refractivity contribution in [2.45, 2.75) is 17.7 Å². The van der Waals surface area contributed by atoms with Crippen molar-refractivity contribution in [3.05, 3.63) is 48.2 Å². The summed E-state index contributed by atoms with van der Waals surface area (Å²) < 4.78 is 53.1. The van der Waals surface area contributed by atoms with Crippen molar-refractivity contribution in [1.82, 2.24) is 9.88 Å². The number of aromatic nitrogens is 1. The second kappa shape index (κ2) is 7.87. The summed E-state index contributed by atoms with van der Waals surface area (Å²) in [5.41, 5.74) is -0.231. The molecule has 2 heterocycles. The Morgan fingerprint density at radius 3 is 2.37 bits per heavy atom. The molecule has 1 aliphatic heterocycles. The molecule has 0 spiro atoms. The molecule has 144 valence electrons. The van der Waals surface area contributed by atoms with Gasteiger partial charge in [0.25, 0.3) is 10.0 Å². The lowest BCUT2D eigenvalue weighted by atomic mass is 10.3. The molecule has 27 heavy (non-hydrogen) atoms. The summed E-state index contributed by atoms with van der Waals surface area (Å²) in [6.45, 7) is 1.56. The summed E-state index contributed by atoms with van der Waals surface area (Å²) in [5.74, 6) is -1.49. The molecule has 0 bridgehead atoms. The molecule has 2 N–H and O–H groups in total. The number of amides is 1. The molecule has 0 unspecified atom stereocenters. The Morgan fingerprint density at radius 1 is 1.11 bits per heavy atom. The van der Waals surface area contributed by atoms with Crippen LogP contribution in [0, 0.1) is 11.6 Å². The second-order valence-corrected chi connectivity index (χ2v) is 7.77. The Morgan fingerprint density at radius 2 is 1.78 bits per heavy atom. The smallest absolute Gasteiger partial charge is 0.263 e.